The van der Waals surface area contributed by atoms with Gasteiger partial charge in [0.1, 0.15) is 10.3 Å². The van der Waals surface area contributed by atoms with Crippen molar-refractivity contribution in [3.05, 3.63) is 28.0 Å². The molecule has 0 saturated carbocycles. The number of halogens is 2. The quantitative estimate of drug-likeness (QED) is 0.597. The highest BCUT2D eigenvalue weighted by molar-refractivity contribution is 6.32. The zero-order chi connectivity index (χ0) is 13.5. The van der Waals surface area contributed by atoms with Gasteiger partial charge in [0.15, 0.2) is 0 Å². The van der Waals surface area contributed by atoms with Gasteiger partial charge in [0, 0.05) is 18.5 Å². The molecule has 0 aliphatic carbocycles. The van der Waals surface area contributed by atoms with Gasteiger partial charge in [-0.1, -0.05) is 29.3 Å². The lowest BCUT2D eigenvalue weighted by Gasteiger charge is -2.16. The van der Waals surface area contributed by atoms with Crippen LogP contribution in [0, 0.1) is 0 Å². The molecule has 0 radical (unpaired) electrons. The van der Waals surface area contributed by atoms with Crippen LogP contribution < -0.4 is 0 Å². The molecule has 0 spiro atoms. The van der Waals surface area contributed by atoms with Crippen LogP contribution in [0.4, 0.5) is 0 Å². The standard InChI is InChI=1S/C12H16Cl2N2O2/c1-16(7-3-4-11(17)18-2)8-9-5-6-10(13)15-12(9)14/h5-6H,3-4,7-8H2,1-2H3. The van der Waals surface area contributed by atoms with Crippen molar-refractivity contribution in [2.75, 3.05) is 20.7 Å². The van der Waals surface area contributed by atoms with E-state index >= 15 is 0 Å². The lowest BCUT2D eigenvalue weighted by Crippen LogP contribution is -2.20. The number of carbonyl (C=O) groups is 1. The first kappa shape index (κ1) is 15.2. The van der Waals surface area contributed by atoms with Crippen LogP contribution in [-0.2, 0) is 16.1 Å². The summed E-state index contributed by atoms with van der Waals surface area (Å²) in [6, 6.07) is 3.57. The summed E-state index contributed by atoms with van der Waals surface area (Å²) in [4.78, 5) is 17.0. The summed E-state index contributed by atoms with van der Waals surface area (Å²) in [5.41, 5.74) is 0.918. The largest absolute Gasteiger partial charge is 0.469 e. The summed E-state index contributed by atoms with van der Waals surface area (Å²) in [7, 11) is 3.35. The molecule has 0 bridgehead atoms. The summed E-state index contributed by atoms with van der Waals surface area (Å²) in [5.74, 6) is -0.186. The third-order valence-electron chi connectivity index (χ3n) is 2.48. The van der Waals surface area contributed by atoms with E-state index in [0.29, 0.717) is 23.3 Å². The molecule has 0 fully saturated rings. The van der Waals surface area contributed by atoms with Crippen molar-refractivity contribution in [2.24, 2.45) is 0 Å². The van der Waals surface area contributed by atoms with Crippen LogP contribution in [-0.4, -0.2) is 36.6 Å². The normalized spacial score (nSPS) is 10.7. The number of rotatable bonds is 6. The van der Waals surface area contributed by atoms with Crippen molar-refractivity contribution in [2.45, 2.75) is 19.4 Å². The van der Waals surface area contributed by atoms with E-state index in [1.807, 2.05) is 13.1 Å². The van der Waals surface area contributed by atoms with Crippen LogP contribution >= 0.6 is 23.2 Å². The smallest absolute Gasteiger partial charge is 0.305 e. The Morgan fingerprint density at radius 1 is 1.44 bits per heavy atom. The maximum atomic E-state index is 11.0. The number of hydrogen-bond acceptors (Lipinski definition) is 4. The fourth-order valence-corrected chi connectivity index (χ4v) is 1.93. The fourth-order valence-electron chi connectivity index (χ4n) is 1.52. The first-order valence-corrected chi connectivity index (χ1v) is 6.35. The molecule has 0 saturated heterocycles. The van der Waals surface area contributed by atoms with E-state index in [2.05, 4.69) is 14.6 Å². The second kappa shape index (κ2) is 7.56. The zero-order valence-corrected chi connectivity index (χ0v) is 12.0. The van der Waals surface area contributed by atoms with Gasteiger partial charge >= 0.3 is 5.97 Å². The van der Waals surface area contributed by atoms with Crippen molar-refractivity contribution < 1.29 is 9.53 Å². The Morgan fingerprint density at radius 3 is 2.78 bits per heavy atom. The molecule has 4 nitrogen and oxygen atoms in total. The second-order valence-electron chi connectivity index (χ2n) is 4.00. The van der Waals surface area contributed by atoms with Crippen LogP contribution in [0.2, 0.25) is 10.3 Å². The van der Waals surface area contributed by atoms with Crippen LogP contribution in [0.1, 0.15) is 18.4 Å². The number of nitrogens with zero attached hydrogens (tertiary/aromatic N) is 2. The highest BCUT2D eigenvalue weighted by atomic mass is 35.5. The number of ether oxygens (including phenoxy) is 1. The number of hydrogen-bond donors (Lipinski definition) is 0. The molecule has 0 aliphatic heterocycles. The van der Waals surface area contributed by atoms with E-state index < -0.39 is 0 Å². The van der Waals surface area contributed by atoms with Gasteiger partial charge in [-0.2, -0.15) is 0 Å². The molecule has 18 heavy (non-hydrogen) atoms. The highest BCUT2D eigenvalue weighted by Gasteiger charge is 2.07. The van der Waals surface area contributed by atoms with Crippen LogP contribution in [0.5, 0.6) is 0 Å². The molecular weight excluding hydrogens is 275 g/mol. The molecule has 0 amide bonds. The predicted molar refractivity (Wildman–Crippen MR) is 71.8 cm³/mol. The van der Waals surface area contributed by atoms with Gasteiger partial charge in [0.25, 0.3) is 0 Å². The Morgan fingerprint density at radius 2 is 2.17 bits per heavy atom. The first-order valence-electron chi connectivity index (χ1n) is 5.59. The lowest BCUT2D eigenvalue weighted by molar-refractivity contribution is -0.140. The Bertz CT molecular complexity index is 413. The summed E-state index contributed by atoms with van der Waals surface area (Å²) in [6.45, 7) is 1.46. The molecule has 0 aromatic carbocycles. The van der Waals surface area contributed by atoms with Gasteiger partial charge < -0.3 is 9.64 Å². The summed E-state index contributed by atoms with van der Waals surface area (Å²) < 4.78 is 4.58. The van der Waals surface area contributed by atoms with Crippen LogP contribution in [0.25, 0.3) is 0 Å². The van der Waals surface area contributed by atoms with E-state index in [-0.39, 0.29) is 5.97 Å². The average Bonchev–Trinajstić information content (AvgIpc) is 2.32. The Hall–Kier alpha value is -0.840. The van der Waals surface area contributed by atoms with E-state index in [1.165, 1.54) is 7.11 Å². The predicted octanol–water partition coefficient (Wildman–Crippen LogP) is 2.77. The number of carbonyl (C=O) groups excluding carboxylic acids is 1. The topological polar surface area (TPSA) is 42.4 Å². The minimum absolute atomic E-state index is 0.186. The maximum Gasteiger partial charge on any atom is 0.305 e. The highest BCUT2D eigenvalue weighted by Crippen LogP contribution is 2.18. The molecule has 0 N–H and O–H groups in total. The molecular formula is C12H16Cl2N2O2. The third-order valence-corrected chi connectivity index (χ3v) is 3.02. The van der Waals surface area contributed by atoms with Crippen molar-refractivity contribution in [3.63, 3.8) is 0 Å². The molecule has 6 heteroatoms. The molecule has 1 aromatic heterocycles. The van der Waals surface area contributed by atoms with Gasteiger partial charge in [-0.25, -0.2) is 4.98 Å². The molecule has 100 valence electrons. The SMILES string of the molecule is COC(=O)CCCN(C)Cc1ccc(Cl)nc1Cl. The monoisotopic (exact) mass is 290 g/mol. The number of esters is 1. The molecule has 0 unspecified atom stereocenters. The average molecular weight is 291 g/mol. The van der Waals surface area contributed by atoms with E-state index in [4.69, 9.17) is 23.2 Å². The molecule has 0 atom stereocenters. The minimum Gasteiger partial charge on any atom is -0.469 e. The van der Waals surface area contributed by atoms with Crippen molar-refractivity contribution in [3.8, 4) is 0 Å². The lowest BCUT2D eigenvalue weighted by atomic mass is 10.2. The molecule has 1 aromatic rings. The van der Waals surface area contributed by atoms with Crippen molar-refractivity contribution in [1.82, 2.24) is 9.88 Å². The van der Waals surface area contributed by atoms with E-state index in [9.17, 15) is 4.79 Å². The minimum atomic E-state index is -0.186. The van der Waals surface area contributed by atoms with Gasteiger partial charge in [0.05, 0.1) is 7.11 Å². The Labute approximate surface area is 117 Å². The van der Waals surface area contributed by atoms with Gasteiger partial charge in [-0.3, -0.25) is 4.79 Å². The van der Waals surface area contributed by atoms with Crippen LogP contribution in [0.3, 0.4) is 0 Å². The van der Waals surface area contributed by atoms with Gasteiger partial charge in [-0.15, -0.1) is 0 Å². The summed E-state index contributed by atoms with van der Waals surface area (Å²) in [5, 5.41) is 0.805. The number of aromatic nitrogens is 1. The Kier molecular flexibility index (Phi) is 6.39. The fraction of sp³-hybridized carbons (Fsp3) is 0.500. The van der Waals surface area contributed by atoms with Gasteiger partial charge in [0.2, 0.25) is 0 Å². The second-order valence-corrected chi connectivity index (χ2v) is 4.75. The van der Waals surface area contributed by atoms with Crippen LogP contribution in [0.15, 0.2) is 12.1 Å². The molecule has 0 aliphatic rings. The van der Waals surface area contributed by atoms with Crippen molar-refractivity contribution >= 4 is 29.2 Å². The molecule has 1 rings (SSSR count). The van der Waals surface area contributed by atoms with E-state index in [0.717, 1.165) is 18.5 Å². The number of methoxy groups -OCH3 is 1. The zero-order valence-electron chi connectivity index (χ0n) is 10.4. The summed E-state index contributed by atoms with van der Waals surface area (Å²) >= 11 is 11.7. The molecule has 1 heterocycles. The van der Waals surface area contributed by atoms with Crippen molar-refractivity contribution in [1.29, 1.82) is 0 Å². The number of pyridine rings is 1. The maximum absolute atomic E-state index is 11.0. The summed E-state index contributed by atoms with van der Waals surface area (Å²) in [6.07, 6.45) is 1.18. The first-order chi connectivity index (χ1) is 8.52. The third kappa shape index (κ3) is 5.21. The van der Waals surface area contributed by atoms with Gasteiger partial charge in [-0.05, 0) is 26.1 Å². The Balaban J connectivity index is 2.39. The van der Waals surface area contributed by atoms with E-state index in [1.54, 1.807) is 6.07 Å².